The maximum absolute atomic E-state index is 4.57. The summed E-state index contributed by atoms with van der Waals surface area (Å²) in [6.07, 6.45) is 15.8. The molecular formula is C24H46S. The Morgan fingerprint density at radius 3 is 1.96 bits per heavy atom. The van der Waals surface area contributed by atoms with Crippen LogP contribution in [0.25, 0.3) is 0 Å². The Morgan fingerprint density at radius 1 is 0.840 bits per heavy atom. The number of hydrogen-bond acceptors (Lipinski definition) is 1. The molecule has 1 heteroatoms. The summed E-state index contributed by atoms with van der Waals surface area (Å²) in [5.74, 6) is 3.56. The highest BCUT2D eigenvalue weighted by molar-refractivity contribution is 7.80. The smallest absolute Gasteiger partial charge is 0.00927 e. The monoisotopic (exact) mass is 366 g/mol. The predicted molar refractivity (Wildman–Crippen MR) is 116 cm³/mol. The molecule has 0 aromatic rings. The van der Waals surface area contributed by atoms with E-state index in [4.69, 9.17) is 0 Å². The molecule has 0 spiro atoms. The van der Waals surface area contributed by atoms with Gasteiger partial charge in [-0.3, -0.25) is 0 Å². The predicted octanol–water partition coefficient (Wildman–Crippen LogP) is 8.16. The first-order chi connectivity index (χ1) is 11.7. The molecule has 0 radical (unpaired) electrons. The highest BCUT2D eigenvalue weighted by atomic mass is 32.1. The Bertz CT molecular complexity index is 404. The topological polar surface area (TPSA) is 0 Å². The molecule has 0 N–H and O–H groups in total. The zero-order valence-electron chi connectivity index (χ0n) is 18.2. The second-order valence-electron chi connectivity index (χ2n) is 11.1. The molecular weight excluding hydrogens is 320 g/mol. The van der Waals surface area contributed by atoms with Crippen LogP contribution in [0.15, 0.2) is 0 Å². The van der Waals surface area contributed by atoms with Crippen LogP contribution < -0.4 is 0 Å². The van der Waals surface area contributed by atoms with Gasteiger partial charge in [-0.1, -0.05) is 73.6 Å². The van der Waals surface area contributed by atoms with E-state index in [0.29, 0.717) is 16.2 Å². The molecule has 0 aliphatic heterocycles. The van der Waals surface area contributed by atoms with Gasteiger partial charge in [0.25, 0.3) is 0 Å². The average molecular weight is 367 g/mol. The third-order valence-electron chi connectivity index (χ3n) is 8.72. The van der Waals surface area contributed by atoms with Crippen LogP contribution in [-0.2, 0) is 0 Å². The van der Waals surface area contributed by atoms with Crippen LogP contribution in [0.2, 0.25) is 0 Å². The van der Waals surface area contributed by atoms with Crippen molar-refractivity contribution in [1.29, 1.82) is 0 Å². The Hall–Kier alpha value is 0.350. The standard InChI is InChI=1S/C24H46S/c1-19-12-15-24(6,23(5)13-10-8-7-9-11-14-23)18-20(2)21(19)22(3,4)16-17-25/h19-21,25H,7-18H2,1-6H3. The molecule has 2 aliphatic rings. The molecule has 0 aromatic carbocycles. The molecule has 2 rings (SSSR count). The first-order valence-corrected chi connectivity index (χ1v) is 11.9. The van der Waals surface area contributed by atoms with Crippen LogP contribution in [0.4, 0.5) is 0 Å². The fraction of sp³-hybridized carbons (Fsp3) is 1.00. The molecule has 0 aromatic heterocycles. The van der Waals surface area contributed by atoms with Gasteiger partial charge in [0.15, 0.2) is 0 Å². The van der Waals surface area contributed by atoms with E-state index in [1.807, 2.05) is 0 Å². The van der Waals surface area contributed by atoms with Crippen molar-refractivity contribution in [3.63, 3.8) is 0 Å². The molecule has 148 valence electrons. The molecule has 2 saturated carbocycles. The summed E-state index contributed by atoms with van der Waals surface area (Å²) in [4.78, 5) is 0. The van der Waals surface area contributed by atoms with E-state index in [0.717, 1.165) is 23.5 Å². The second kappa shape index (κ2) is 8.57. The van der Waals surface area contributed by atoms with Crippen LogP contribution in [0.1, 0.15) is 112 Å². The zero-order valence-corrected chi connectivity index (χ0v) is 19.1. The largest absolute Gasteiger partial charge is 0.179 e. The van der Waals surface area contributed by atoms with Gasteiger partial charge in [-0.05, 0) is 78.3 Å². The molecule has 4 unspecified atom stereocenters. The molecule has 0 saturated heterocycles. The minimum Gasteiger partial charge on any atom is -0.179 e. The quantitative estimate of drug-likeness (QED) is 0.376. The highest BCUT2D eigenvalue weighted by Crippen LogP contribution is 2.59. The maximum atomic E-state index is 4.57. The van der Waals surface area contributed by atoms with E-state index >= 15 is 0 Å². The number of rotatable bonds is 4. The molecule has 0 heterocycles. The highest BCUT2D eigenvalue weighted by Gasteiger charge is 2.49. The lowest BCUT2D eigenvalue weighted by Crippen LogP contribution is -2.40. The fourth-order valence-electron chi connectivity index (χ4n) is 7.06. The zero-order chi connectivity index (χ0) is 18.7. The van der Waals surface area contributed by atoms with E-state index in [1.54, 1.807) is 0 Å². The van der Waals surface area contributed by atoms with Crippen LogP contribution in [0.3, 0.4) is 0 Å². The molecule has 2 fully saturated rings. The van der Waals surface area contributed by atoms with E-state index in [2.05, 4.69) is 54.2 Å². The van der Waals surface area contributed by atoms with E-state index in [-0.39, 0.29) is 0 Å². The Balaban J connectivity index is 2.23. The Kier molecular flexibility index (Phi) is 7.42. The summed E-state index contributed by atoms with van der Waals surface area (Å²) in [5.41, 5.74) is 1.52. The van der Waals surface area contributed by atoms with Crippen molar-refractivity contribution in [2.45, 2.75) is 112 Å². The van der Waals surface area contributed by atoms with Crippen molar-refractivity contribution < 1.29 is 0 Å². The van der Waals surface area contributed by atoms with Crippen molar-refractivity contribution in [2.75, 3.05) is 5.75 Å². The van der Waals surface area contributed by atoms with E-state index in [9.17, 15) is 0 Å². The van der Waals surface area contributed by atoms with Gasteiger partial charge in [0.1, 0.15) is 0 Å². The SMILES string of the molecule is CC1CCC(C)(C2(C)CCCCCCC2)CC(C)C1C(C)(C)CCS. The molecule has 25 heavy (non-hydrogen) atoms. The molecule has 2 aliphatic carbocycles. The van der Waals surface area contributed by atoms with E-state index < -0.39 is 0 Å². The third-order valence-corrected chi connectivity index (χ3v) is 8.95. The molecule has 4 atom stereocenters. The average Bonchev–Trinajstić information content (AvgIpc) is 2.60. The summed E-state index contributed by atoms with van der Waals surface area (Å²) in [5, 5.41) is 0. The molecule has 0 nitrogen and oxygen atoms in total. The van der Waals surface area contributed by atoms with Crippen molar-refractivity contribution in [2.24, 2.45) is 34.0 Å². The minimum atomic E-state index is 0.424. The van der Waals surface area contributed by atoms with Crippen molar-refractivity contribution in [1.82, 2.24) is 0 Å². The second-order valence-corrected chi connectivity index (χ2v) is 11.5. The molecule has 0 amide bonds. The minimum absolute atomic E-state index is 0.424. The lowest BCUT2D eigenvalue weighted by molar-refractivity contribution is 0.00485. The first kappa shape index (κ1) is 21.6. The van der Waals surface area contributed by atoms with Crippen molar-refractivity contribution in [3.05, 3.63) is 0 Å². The van der Waals surface area contributed by atoms with Crippen LogP contribution in [-0.4, -0.2) is 5.75 Å². The molecule has 0 bridgehead atoms. The van der Waals surface area contributed by atoms with Crippen LogP contribution in [0.5, 0.6) is 0 Å². The fourth-order valence-corrected chi connectivity index (χ4v) is 7.64. The summed E-state index contributed by atoms with van der Waals surface area (Å²) < 4.78 is 0. The number of hydrogen-bond donors (Lipinski definition) is 1. The van der Waals surface area contributed by atoms with Gasteiger partial charge in [-0.25, -0.2) is 0 Å². The lowest BCUT2D eigenvalue weighted by Gasteiger charge is -2.50. The Morgan fingerprint density at radius 2 is 1.40 bits per heavy atom. The van der Waals surface area contributed by atoms with Crippen molar-refractivity contribution >= 4 is 12.6 Å². The third kappa shape index (κ3) is 4.80. The van der Waals surface area contributed by atoms with Crippen LogP contribution in [0, 0.1) is 34.0 Å². The van der Waals surface area contributed by atoms with E-state index in [1.165, 1.54) is 70.6 Å². The summed E-state index contributed by atoms with van der Waals surface area (Å²) in [6.45, 7) is 15.5. The first-order valence-electron chi connectivity index (χ1n) is 11.3. The number of thiol groups is 1. The Labute approximate surface area is 164 Å². The normalized spacial score (nSPS) is 37.8. The van der Waals surface area contributed by atoms with Gasteiger partial charge in [0.05, 0.1) is 0 Å². The summed E-state index contributed by atoms with van der Waals surface area (Å²) >= 11 is 4.57. The summed E-state index contributed by atoms with van der Waals surface area (Å²) in [7, 11) is 0. The van der Waals surface area contributed by atoms with Gasteiger partial charge < -0.3 is 0 Å². The lowest BCUT2D eigenvalue weighted by atomic mass is 9.55. The van der Waals surface area contributed by atoms with Crippen molar-refractivity contribution in [3.8, 4) is 0 Å². The van der Waals surface area contributed by atoms with Gasteiger partial charge >= 0.3 is 0 Å². The van der Waals surface area contributed by atoms with Gasteiger partial charge in [-0.15, -0.1) is 0 Å². The summed E-state index contributed by atoms with van der Waals surface area (Å²) in [6, 6.07) is 0. The van der Waals surface area contributed by atoms with Gasteiger partial charge in [0, 0.05) is 0 Å². The van der Waals surface area contributed by atoms with Crippen LogP contribution >= 0.6 is 12.6 Å². The maximum Gasteiger partial charge on any atom is -0.00927 e. The van der Waals surface area contributed by atoms with Gasteiger partial charge in [0.2, 0.25) is 0 Å². The van der Waals surface area contributed by atoms with Gasteiger partial charge in [-0.2, -0.15) is 12.6 Å².